The highest BCUT2D eigenvalue weighted by Gasteiger charge is 2.45. The van der Waals surface area contributed by atoms with E-state index in [9.17, 15) is 9.90 Å². The topological polar surface area (TPSA) is 78.6 Å². The van der Waals surface area contributed by atoms with E-state index in [0.717, 1.165) is 18.5 Å². The second-order valence-corrected chi connectivity index (χ2v) is 5.05. The van der Waals surface area contributed by atoms with Crippen molar-refractivity contribution in [3.8, 4) is 0 Å². The number of nitrogens with zero attached hydrogens (tertiary/aromatic N) is 3. The summed E-state index contributed by atoms with van der Waals surface area (Å²) < 4.78 is 1.68. The first kappa shape index (κ1) is 14.0. The van der Waals surface area contributed by atoms with Gasteiger partial charge in [0.15, 0.2) is 0 Å². The number of hydrogen-bond donors (Lipinski definition) is 2. The monoisotopic (exact) mass is 267 g/mol. The molecule has 106 valence electrons. The molecule has 0 spiro atoms. The predicted molar refractivity (Wildman–Crippen MR) is 69.6 cm³/mol. The van der Waals surface area contributed by atoms with Crippen LogP contribution in [0.15, 0.2) is 12.4 Å². The molecular weight excluding hydrogens is 246 g/mol. The molecule has 0 saturated carbocycles. The molecule has 1 aliphatic rings. The fourth-order valence-corrected chi connectivity index (χ4v) is 2.89. The number of hydrogen-bond acceptors (Lipinski definition) is 4. The molecule has 0 aromatic carbocycles. The van der Waals surface area contributed by atoms with Gasteiger partial charge in [-0.25, -0.2) is 0 Å². The summed E-state index contributed by atoms with van der Waals surface area (Å²) in [5.41, 5.74) is 0.272. The van der Waals surface area contributed by atoms with Gasteiger partial charge in [0.2, 0.25) is 0 Å². The molecule has 2 heterocycles. The van der Waals surface area contributed by atoms with Gasteiger partial charge in [0, 0.05) is 18.3 Å². The smallest absolute Gasteiger partial charge is 0.324 e. The normalized spacial score (nSPS) is 23.9. The van der Waals surface area contributed by atoms with Crippen LogP contribution >= 0.6 is 0 Å². The number of aliphatic hydroxyl groups excluding tert-OH is 1. The van der Waals surface area contributed by atoms with Gasteiger partial charge in [-0.05, 0) is 25.8 Å². The van der Waals surface area contributed by atoms with Crippen molar-refractivity contribution in [1.29, 1.82) is 0 Å². The van der Waals surface area contributed by atoms with Crippen LogP contribution in [0.1, 0.15) is 31.7 Å². The number of rotatable bonds is 6. The Morgan fingerprint density at radius 3 is 3.00 bits per heavy atom. The van der Waals surface area contributed by atoms with E-state index in [-0.39, 0.29) is 6.61 Å². The molecule has 1 unspecified atom stereocenters. The number of carboxylic acids is 1. The van der Waals surface area contributed by atoms with Crippen LogP contribution in [0.25, 0.3) is 0 Å². The highest BCUT2D eigenvalue weighted by atomic mass is 16.4. The Labute approximate surface area is 112 Å². The van der Waals surface area contributed by atoms with Crippen molar-refractivity contribution < 1.29 is 15.0 Å². The standard InChI is InChI=1S/C13H21N3O3/c1-2-13(12(18)19)4-3-5-15(13)9-11-8-14-16(10-11)6-7-17/h8,10,17H,2-7,9H2,1H3,(H,18,19). The molecule has 0 bridgehead atoms. The van der Waals surface area contributed by atoms with Crippen molar-refractivity contribution in [2.45, 2.75) is 44.8 Å². The Morgan fingerprint density at radius 2 is 2.37 bits per heavy atom. The van der Waals surface area contributed by atoms with E-state index in [1.165, 1.54) is 0 Å². The Bertz CT molecular complexity index is 446. The third-order valence-corrected chi connectivity index (χ3v) is 4.00. The van der Waals surface area contributed by atoms with Crippen LogP contribution in [0.5, 0.6) is 0 Å². The highest BCUT2D eigenvalue weighted by Crippen LogP contribution is 2.33. The molecule has 1 aliphatic heterocycles. The zero-order valence-corrected chi connectivity index (χ0v) is 11.2. The van der Waals surface area contributed by atoms with Crippen LogP contribution in [0.3, 0.4) is 0 Å². The maximum atomic E-state index is 11.6. The van der Waals surface area contributed by atoms with Crippen molar-refractivity contribution in [2.24, 2.45) is 0 Å². The fraction of sp³-hybridized carbons (Fsp3) is 0.692. The van der Waals surface area contributed by atoms with Gasteiger partial charge in [-0.15, -0.1) is 0 Å². The van der Waals surface area contributed by atoms with Crippen LogP contribution in [0.4, 0.5) is 0 Å². The molecule has 1 atom stereocenters. The first-order chi connectivity index (χ1) is 9.12. The lowest BCUT2D eigenvalue weighted by Crippen LogP contribution is -2.49. The summed E-state index contributed by atoms with van der Waals surface area (Å²) in [6.45, 7) is 3.87. The molecule has 0 aliphatic carbocycles. The van der Waals surface area contributed by atoms with Crippen LogP contribution in [0, 0.1) is 0 Å². The van der Waals surface area contributed by atoms with Crippen LogP contribution in [-0.4, -0.2) is 49.6 Å². The van der Waals surface area contributed by atoms with Crippen molar-refractivity contribution in [3.05, 3.63) is 18.0 Å². The molecule has 6 heteroatoms. The summed E-state index contributed by atoms with van der Waals surface area (Å²) in [5.74, 6) is -0.727. The Balaban J connectivity index is 2.10. The number of carbonyl (C=O) groups is 1. The summed E-state index contributed by atoms with van der Waals surface area (Å²) in [7, 11) is 0. The van der Waals surface area contributed by atoms with E-state index in [1.54, 1.807) is 10.9 Å². The fourth-order valence-electron chi connectivity index (χ4n) is 2.89. The molecule has 0 radical (unpaired) electrons. The van der Waals surface area contributed by atoms with Gasteiger partial charge >= 0.3 is 5.97 Å². The number of carboxylic acid groups (broad SMARTS) is 1. The average Bonchev–Trinajstić information content (AvgIpc) is 2.98. The molecule has 6 nitrogen and oxygen atoms in total. The minimum Gasteiger partial charge on any atom is -0.480 e. The molecule has 0 amide bonds. The first-order valence-electron chi connectivity index (χ1n) is 6.73. The van der Waals surface area contributed by atoms with Gasteiger partial charge in [0.25, 0.3) is 0 Å². The van der Waals surface area contributed by atoms with E-state index < -0.39 is 11.5 Å². The van der Waals surface area contributed by atoms with E-state index in [0.29, 0.717) is 25.9 Å². The molecule has 2 N–H and O–H groups in total. The van der Waals surface area contributed by atoms with E-state index in [1.807, 2.05) is 18.0 Å². The van der Waals surface area contributed by atoms with Gasteiger partial charge in [0.1, 0.15) is 5.54 Å². The second-order valence-electron chi connectivity index (χ2n) is 5.05. The summed E-state index contributed by atoms with van der Waals surface area (Å²) in [5, 5.41) is 22.5. The number of aliphatic hydroxyl groups is 1. The predicted octanol–water partition coefficient (Wildman–Crippen LogP) is 0.705. The van der Waals surface area contributed by atoms with Crippen LogP contribution in [0.2, 0.25) is 0 Å². The van der Waals surface area contributed by atoms with Gasteiger partial charge in [-0.1, -0.05) is 6.92 Å². The number of aromatic nitrogens is 2. The lowest BCUT2D eigenvalue weighted by molar-refractivity contribution is -0.150. The number of likely N-dealkylation sites (tertiary alicyclic amines) is 1. The Hall–Kier alpha value is -1.40. The largest absolute Gasteiger partial charge is 0.480 e. The lowest BCUT2D eigenvalue weighted by Gasteiger charge is -2.33. The summed E-state index contributed by atoms with van der Waals surface area (Å²) >= 11 is 0. The van der Waals surface area contributed by atoms with Crippen molar-refractivity contribution in [3.63, 3.8) is 0 Å². The molecule has 19 heavy (non-hydrogen) atoms. The zero-order valence-electron chi connectivity index (χ0n) is 11.2. The third kappa shape index (κ3) is 2.64. The number of aliphatic carboxylic acids is 1. The lowest BCUT2D eigenvalue weighted by atomic mass is 9.93. The quantitative estimate of drug-likeness (QED) is 0.793. The minimum absolute atomic E-state index is 0.0544. The van der Waals surface area contributed by atoms with Crippen molar-refractivity contribution in [2.75, 3.05) is 13.2 Å². The minimum atomic E-state index is -0.727. The SMILES string of the molecule is CCC1(C(=O)O)CCCN1Cc1cnn(CCO)c1. The molecule has 1 saturated heterocycles. The van der Waals surface area contributed by atoms with E-state index in [4.69, 9.17) is 5.11 Å². The van der Waals surface area contributed by atoms with Crippen molar-refractivity contribution >= 4 is 5.97 Å². The van der Waals surface area contributed by atoms with Crippen LogP contribution in [-0.2, 0) is 17.9 Å². The highest BCUT2D eigenvalue weighted by molar-refractivity contribution is 5.79. The molecule has 1 aromatic rings. The molecule has 2 rings (SSSR count). The summed E-state index contributed by atoms with van der Waals surface area (Å²) in [6, 6.07) is 0. The second kappa shape index (κ2) is 5.71. The zero-order chi connectivity index (χ0) is 13.9. The van der Waals surface area contributed by atoms with Gasteiger partial charge in [-0.3, -0.25) is 14.4 Å². The average molecular weight is 267 g/mol. The van der Waals surface area contributed by atoms with Gasteiger partial charge in [-0.2, -0.15) is 5.10 Å². The Kier molecular flexibility index (Phi) is 4.21. The van der Waals surface area contributed by atoms with Gasteiger partial charge in [0.05, 0.1) is 19.3 Å². The molecule has 1 aromatic heterocycles. The van der Waals surface area contributed by atoms with Crippen LogP contribution < -0.4 is 0 Å². The third-order valence-electron chi connectivity index (χ3n) is 4.00. The molecule has 1 fully saturated rings. The van der Waals surface area contributed by atoms with E-state index in [2.05, 4.69) is 5.10 Å². The van der Waals surface area contributed by atoms with Crippen molar-refractivity contribution in [1.82, 2.24) is 14.7 Å². The first-order valence-corrected chi connectivity index (χ1v) is 6.73. The summed E-state index contributed by atoms with van der Waals surface area (Å²) in [4.78, 5) is 13.6. The summed E-state index contributed by atoms with van der Waals surface area (Å²) in [6.07, 6.45) is 5.87. The van der Waals surface area contributed by atoms with E-state index >= 15 is 0 Å². The van der Waals surface area contributed by atoms with Gasteiger partial charge < -0.3 is 10.2 Å². The molecular formula is C13H21N3O3. The Morgan fingerprint density at radius 1 is 1.58 bits per heavy atom. The maximum Gasteiger partial charge on any atom is 0.324 e. The maximum absolute atomic E-state index is 11.6.